The van der Waals surface area contributed by atoms with Crippen LogP contribution in [0.3, 0.4) is 0 Å². The summed E-state index contributed by atoms with van der Waals surface area (Å²) < 4.78 is 5.20. The Balaban J connectivity index is 1.55. The number of amides is 1. The summed E-state index contributed by atoms with van der Waals surface area (Å²) in [6, 6.07) is 3.49. The Hall–Kier alpha value is -1.92. The molecule has 1 saturated heterocycles. The topological polar surface area (TPSA) is 72.4 Å². The first-order valence-corrected chi connectivity index (χ1v) is 12.5. The van der Waals surface area contributed by atoms with E-state index in [4.69, 9.17) is 37.9 Å². The number of likely N-dealkylation sites (tertiary alicyclic amines) is 1. The third kappa shape index (κ3) is 2.92. The number of nitrogens with zero attached hydrogens (tertiary/aromatic N) is 3. The molecular formula is C25H29Cl2N3O3. The van der Waals surface area contributed by atoms with Gasteiger partial charge in [0.2, 0.25) is 5.91 Å². The van der Waals surface area contributed by atoms with Crippen molar-refractivity contribution in [1.82, 2.24) is 14.9 Å². The molecule has 2 aliphatic carbocycles. The highest BCUT2D eigenvalue weighted by molar-refractivity contribution is 6.42. The summed E-state index contributed by atoms with van der Waals surface area (Å²) in [5.41, 5.74) is 1.66. The van der Waals surface area contributed by atoms with E-state index in [9.17, 15) is 9.59 Å². The van der Waals surface area contributed by atoms with Crippen molar-refractivity contribution >= 4 is 46.1 Å². The SMILES string of the molecule is CCOC(=O)C1CCN(C(=O)C23CCC(C)(c4nc5cc(Cl)c(Cl)cc5nc42)C3(C)C)CC1. The summed E-state index contributed by atoms with van der Waals surface area (Å²) in [5, 5.41) is 0.870. The van der Waals surface area contributed by atoms with Crippen LogP contribution >= 0.6 is 23.2 Å². The van der Waals surface area contributed by atoms with Crippen LogP contribution < -0.4 is 0 Å². The molecular weight excluding hydrogens is 461 g/mol. The molecule has 176 valence electrons. The number of hydrogen-bond acceptors (Lipinski definition) is 5. The second-order valence-corrected chi connectivity index (χ2v) is 11.2. The molecule has 0 N–H and O–H groups in total. The molecule has 2 bridgehead atoms. The van der Waals surface area contributed by atoms with Gasteiger partial charge in [-0.2, -0.15) is 0 Å². The second-order valence-electron chi connectivity index (χ2n) is 10.4. The second kappa shape index (κ2) is 7.54. The molecule has 5 rings (SSSR count). The molecule has 0 radical (unpaired) electrons. The quantitative estimate of drug-likeness (QED) is 0.562. The van der Waals surface area contributed by atoms with Crippen LogP contribution in [0.25, 0.3) is 11.0 Å². The Kier molecular flexibility index (Phi) is 5.22. The first-order chi connectivity index (χ1) is 15.6. The summed E-state index contributed by atoms with van der Waals surface area (Å²) in [6.07, 6.45) is 2.87. The van der Waals surface area contributed by atoms with Gasteiger partial charge in [0.25, 0.3) is 0 Å². The molecule has 3 aliphatic rings. The van der Waals surface area contributed by atoms with E-state index in [0.717, 1.165) is 24.2 Å². The first-order valence-electron chi connectivity index (χ1n) is 11.7. The minimum atomic E-state index is -0.749. The van der Waals surface area contributed by atoms with Gasteiger partial charge in [-0.3, -0.25) is 9.59 Å². The predicted molar refractivity (Wildman–Crippen MR) is 128 cm³/mol. The average Bonchev–Trinajstić information content (AvgIpc) is 3.08. The third-order valence-corrected chi connectivity index (χ3v) is 9.57. The van der Waals surface area contributed by atoms with Crippen molar-refractivity contribution in [1.29, 1.82) is 0 Å². The maximum absolute atomic E-state index is 14.3. The van der Waals surface area contributed by atoms with Crippen LogP contribution in [0.2, 0.25) is 10.0 Å². The molecule has 1 saturated carbocycles. The molecule has 2 atom stereocenters. The fraction of sp³-hybridized carbons (Fsp3) is 0.600. The van der Waals surface area contributed by atoms with E-state index in [2.05, 4.69) is 20.8 Å². The number of aromatic nitrogens is 2. The Morgan fingerprint density at radius 1 is 1.03 bits per heavy atom. The number of benzene rings is 1. The highest BCUT2D eigenvalue weighted by Gasteiger charge is 2.73. The smallest absolute Gasteiger partial charge is 0.309 e. The van der Waals surface area contributed by atoms with E-state index in [1.807, 2.05) is 11.8 Å². The molecule has 2 aromatic rings. The fourth-order valence-electron chi connectivity index (χ4n) is 6.42. The molecule has 1 amide bonds. The molecule has 1 aliphatic heterocycles. The number of carbonyl (C=O) groups excluding carboxylic acids is 2. The van der Waals surface area contributed by atoms with Gasteiger partial charge in [-0.15, -0.1) is 0 Å². The number of piperidine rings is 1. The molecule has 1 aromatic heterocycles. The van der Waals surface area contributed by atoms with E-state index in [1.165, 1.54) is 0 Å². The van der Waals surface area contributed by atoms with Crippen molar-refractivity contribution in [3.8, 4) is 0 Å². The van der Waals surface area contributed by atoms with Crippen molar-refractivity contribution in [2.75, 3.05) is 19.7 Å². The van der Waals surface area contributed by atoms with Crippen molar-refractivity contribution in [2.45, 2.75) is 64.2 Å². The van der Waals surface area contributed by atoms with Crippen LogP contribution in [-0.4, -0.2) is 46.4 Å². The zero-order valence-corrected chi connectivity index (χ0v) is 21.0. The minimum absolute atomic E-state index is 0.103. The van der Waals surface area contributed by atoms with E-state index in [0.29, 0.717) is 53.6 Å². The van der Waals surface area contributed by atoms with Crippen LogP contribution in [0.4, 0.5) is 0 Å². The van der Waals surface area contributed by atoms with Gasteiger partial charge in [0.05, 0.1) is 50.4 Å². The molecule has 2 fully saturated rings. The Morgan fingerprint density at radius 3 is 2.18 bits per heavy atom. The summed E-state index contributed by atoms with van der Waals surface area (Å²) in [7, 11) is 0. The molecule has 2 unspecified atom stereocenters. The van der Waals surface area contributed by atoms with Crippen molar-refractivity contribution in [2.24, 2.45) is 11.3 Å². The molecule has 33 heavy (non-hydrogen) atoms. The lowest BCUT2D eigenvalue weighted by Crippen LogP contribution is -2.54. The normalized spacial score (nSPS) is 28.2. The zero-order chi connectivity index (χ0) is 23.8. The monoisotopic (exact) mass is 489 g/mol. The number of rotatable bonds is 3. The summed E-state index contributed by atoms with van der Waals surface area (Å²) in [4.78, 5) is 38.4. The maximum atomic E-state index is 14.3. The standard InChI is InChI=1S/C25H29Cl2N3O3/c1-5-33-21(31)14-6-10-30(11-7-14)22(32)25-9-8-24(4,23(25,2)3)19-20(25)29-18-13-16(27)15(26)12-17(18)28-19/h12-14H,5-11H2,1-4H3. The van der Waals surface area contributed by atoms with Crippen LogP contribution in [-0.2, 0) is 25.2 Å². The highest BCUT2D eigenvalue weighted by Crippen LogP contribution is 2.70. The van der Waals surface area contributed by atoms with Crippen LogP contribution in [0.5, 0.6) is 0 Å². The van der Waals surface area contributed by atoms with Crippen molar-refractivity contribution in [3.63, 3.8) is 0 Å². The fourth-order valence-corrected chi connectivity index (χ4v) is 6.74. The number of halogens is 2. The van der Waals surface area contributed by atoms with Gasteiger partial charge in [0.1, 0.15) is 0 Å². The summed E-state index contributed by atoms with van der Waals surface area (Å²) in [6.45, 7) is 9.86. The molecule has 2 heterocycles. The van der Waals surface area contributed by atoms with Gasteiger partial charge < -0.3 is 9.64 Å². The molecule has 8 heteroatoms. The maximum Gasteiger partial charge on any atom is 0.309 e. The van der Waals surface area contributed by atoms with Gasteiger partial charge in [-0.05, 0) is 50.2 Å². The van der Waals surface area contributed by atoms with Crippen LogP contribution in [0.1, 0.15) is 64.8 Å². The lowest BCUT2D eigenvalue weighted by Gasteiger charge is -2.43. The van der Waals surface area contributed by atoms with Gasteiger partial charge in [0, 0.05) is 18.5 Å². The highest BCUT2D eigenvalue weighted by atomic mass is 35.5. The molecule has 0 spiro atoms. The van der Waals surface area contributed by atoms with Gasteiger partial charge in [0.15, 0.2) is 0 Å². The van der Waals surface area contributed by atoms with E-state index < -0.39 is 5.41 Å². The number of esters is 1. The minimum Gasteiger partial charge on any atom is -0.466 e. The molecule has 6 nitrogen and oxygen atoms in total. The Labute approximate surface area is 204 Å². The van der Waals surface area contributed by atoms with Crippen molar-refractivity contribution in [3.05, 3.63) is 33.6 Å². The lowest BCUT2D eigenvalue weighted by atomic mass is 9.63. The first kappa shape index (κ1) is 22.9. The van der Waals surface area contributed by atoms with Crippen LogP contribution in [0.15, 0.2) is 12.1 Å². The van der Waals surface area contributed by atoms with Crippen LogP contribution in [0, 0.1) is 11.3 Å². The number of hydrogen-bond donors (Lipinski definition) is 0. The third-order valence-electron chi connectivity index (χ3n) is 8.85. The average molecular weight is 490 g/mol. The van der Waals surface area contributed by atoms with E-state index in [-0.39, 0.29) is 28.6 Å². The predicted octanol–water partition coefficient (Wildman–Crippen LogP) is 5.07. The van der Waals surface area contributed by atoms with E-state index >= 15 is 0 Å². The lowest BCUT2D eigenvalue weighted by molar-refractivity contribution is -0.153. The summed E-state index contributed by atoms with van der Waals surface area (Å²) >= 11 is 12.5. The number of ether oxygens (including phenoxy) is 1. The number of carbonyl (C=O) groups is 2. The number of fused-ring (bicyclic) bond motifs is 6. The molecule has 1 aromatic carbocycles. The van der Waals surface area contributed by atoms with Gasteiger partial charge >= 0.3 is 5.97 Å². The van der Waals surface area contributed by atoms with E-state index in [1.54, 1.807) is 12.1 Å². The summed E-state index contributed by atoms with van der Waals surface area (Å²) in [5.74, 6) is -0.193. The van der Waals surface area contributed by atoms with Gasteiger partial charge in [-0.1, -0.05) is 44.0 Å². The van der Waals surface area contributed by atoms with Crippen molar-refractivity contribution < 1.29 is 14.3 Å². The Bertz CT molecular complexity index is 1180. The largest absolute Gasteiger partial charge is 0.466 e. The Morgan fingerprint density at radius 2 is 1.61 bits per heavy atom. The van der Waals surface area contributed by atoms with Gasteiger partial charge in [-0.25, -0.2) is 9.97 Å². The zero-order valence-electron chi connectivity index (χ0n) is 19.5.